The average molecular weight is 291 g/mol. The van der Waals surface area contributed by atoms with Crippen molar-refractivity contribution < 1.29 is 14.1 Å². The highest BCUT2D eigenvalue weighted by molar-refractivity contribution is 9.09. The first-order chi connectivity index (χ1) is 7.56. The molecule has 0 spiro atoms. The lowest BCUT2D eigenvalue weighted by Crippen LogP contribution is -2.26. The lowest BCUT2D eigenvalue weighted by molar-refractivity contribution is -0.385. The lowest BCUT2D eigenvalue weighted by Gasteiger charge is -2.03. The highest BCUT2D eigenvalue weighted by atomic mass is 79.9. The number of rotatable bonds is 4. The third-order valence-electron chi connectivity index (χ3n) is 1.79. The molecule has 1 aromatic rings. The SMILES string of the molecule is O=C(NCCBr)c1ccc([N+](=O)[O-])cc1F. The van der Waals surface area contributed by atoms with Crippen molar-refractivity contribution in [1.82, 2.24) is 5.32 Å². The molecule has 86 valence electrons. The number of non-ortho nitro benzene ring substituents is 1. The van der Waals surface area contributed by atoms with Crippen LogP contribution in [0, 0.1) is 15.9 Å². The van der Waals surface area contributed by atoms with Crippen LogP contribution in [0.15, 0.2) is 18.2 Å². The minimum atomic E-state index is -0.902. The van der Waals surface area contributed by atoms with Gasteiger partial charge in [-0.05, 0) is 6.07 Å². The van der Waals surface area contributed by atoms with Crippen molar-refractivity contribution >= 4 is 27.5 Å². The molecular formula is C9H8BrFN2O3. The summed E-state index contributed by atoms with van der Waals surface area (Å²) in [6.07, 6.45) is 0. The summed E-state index contributed by atoms with van der Waals surface area (Å²) in [7, 11) is 0. The Balaban J connectivity index is 2.90. The fourth-order valence-corrected chi connectivity index (χ4v) is 1.26. The van der Waals surface area contributed by atoms with Crippen LogP contribution in [-0.2, 0) is 0 Å². The Morgan fingerprint density at radius 2 is 2.25 bits per heavy atom. The van der Waals surface area contributed by atoms with Gasteiger partial charge in [0.05, 0.1) is 16.6 Å². The standard InChI is InChI=1S/C9H8BrFN2O3/c10-3-4-12-9(14)7-2-1-6(13(15)16)5-8(7)11/h1-2,5H,3-4H2,(H,12,14). The number of hydrogen-bond acceptors (Lipinski definition) is 3. The summed E-state index contributed by atoms with van der Waals surface area (Å²) in [6.45, 7) is 0.356. The molecule has 1 aromatic carbocycles. The Labute approximate surface area is 98.9 Å². The molecule has 0 bridgehead atoms. The number of amides is 1. The Bertz CT molecular complexity index is 425. The highest BCUT2D eigenvalue weighted by Gasteiger charge is 2.15. The molecule has 1 rings (SSSR count). The third-order valence-corrected chi connectivity index (χ3v) is 2.18. The van der Waals surface area contributed by atoms with E-state index in [-0.39, 0.29) is 11.3 Å². The Hall–Kier alpha value is -1.50. The second-order valence-electron chi connectivity index (χ2n) is 2.87. The fourth-order valence-electron chi connectivity index (χ4n) is 1.06. The summed E-state index contributed by atoms with van der Waals surface area (Å²) >= 11 is 3.10. The van der Waals surface area contributed by atoms with E-state index < -0.39 is 16.6 Å². The van der Waals surface area contributed by atoms with Crippen LogP contribution >= 0.6 is 15.9 Å². The van der Waals surface area contributed by atoms with E-state index in [0.717, 1.165) is 18.2 Å². The van der Waals surface area contributed by atoms with Crippen molar-refractivity contribution in [2.24, 2.45) is 0 Å². The van der Waals surface area contributed by atoms with Gasteiger partial charge in [0.2, 0.25) is 0 Å². The Kier molecular flexibility index (Phi) is 4.36. The molecule has 7 heteroatoms. The molecule has 0 saturated heterocycles. The van der Waals surface area contributed by atoms with Gasteiger partial charge in [0.25, 0.3) is 11.6 Å². The molecule has 0 heterocycles. The molecule has 16 heavy (non-hydrogen) atoms. The van der Waals surface area contributed by atoms with Gasteiger partial charge in [-0.15, -0.1) is 0 Å². The summed E-state index contributed by atoms with van der Waals surface area (Å²) in [5, 5.41) is 13.3. The summed E-state index contributed by atoms with van der Waals surface area (Å²) in [4.78, 5) is 21.0. The van der Waals surface area contributed by atoms with Gasteiger partial charge in [0.15, 0.2) is 0 Å². The smallest absolute Gasteiger partial charge is 0.272 e. The van der Waals surface area contributed by atoms with Gasteiger partial charge in [0, 0.05) is 17.9 Å². The van der Waals surface area contributed by atoms with Crippen LogP contribution in [0.4, 0.5) is 10.1 Å². The Morgan fingerprint density at radius 1 is 1.56 bits per heavy atom. The maximum Gasteiger partial charge on any atom is 0.272 e. The summed E-state index contributed by atoms with van der Waals surface area (Å²) < 4.78 is 13.3. The second-order valence-corrected chi connectivity index (χ2v) is 3.66. The zero-order valence-electron chi connectivity index (χ0n) is 8.07. The monoisotopic (exact) mass is 290 g/mol. The first kappa shape index (κ1) is 12.6. The normalized spacial score (nSPS) is 9.88. The topological polar surface area (TPSA) is 72.2 Å². The molecule has 0 radical (unpaired) electrons. The van der Waals surface area contributed by atoms with E-state index in [2.05, 4.69) is 21.2 Å². The van der Waals surface area contributed by atoms with Gasteiger partial charge in [0.1, 0.15) is 5.82 Å². The molecule has 0 fully saturated rings. The van der Waals surface area contributed by atoms with E-state index in [4.69, 9.17) is 0 Å². The molecule has 5 nitrogen and oxygen atoms in total. The molecule has 0 saturated carbocycles. The van der Waals surface area contributed by atoms with Gasteiger partial charge in [-0.25, -0.2) is 4.39 Å². The minimum absolute atomic E-state index is 0.202. The van der Waals surface area contributed by atoms with Gasteiger partial charge >= 0.3 is 0 Å². The largest absolute Gasteiger partial charge is 0.351 e. The van der Waals surface area contributed by atoms with E-state index in [9.17, 15) is 19.3 Å². The number of nitrogens with zero attached hydrogens (tertiary/aromatic N) is 1. The molecular weight excluding hydrogens is 283 g/mol. The predicted octanol–water partition coefficient (Wildman–Crippen LogP) is 1.86. The molecule has 0 aliphatic heterocycles. The fraction of sp³-hybridized carbons (Fsp3) is 0.222. The van der Waals surface area contributed by atoms with Crippen LogP contribution in [0.25, 0.3) is 0 Å². The molecule has 0 aliphatic rings. The van der Waals surface area contributed by atoms with Crippen molar-refractivity contribution in [3.8, 4) is 0 Å². The van der Waals surface area contributed by atoms with Crippen molar-refractivity contribution in [2.45, 2.75) is 0 Å². The summed E-state index contributed by atoms with van der Waals surface area (Å²) in [5.41, 5.74) is -0.582. The predicted molar refractivity (Wildman–Crippen MR) is 59.2 cm³/mol. The van der Waals surface area contributed by atoms with Gasteiger partial charge < -0.3 is 5.32 Å². The van der Waals surface area contributed by atoms with Crippen LogP contribution in [0.5, 0.6) is 0 Å². The number of nitrogens with one attached hydrogen (secondary N) is 1. The number of nitro benzene ring substituents is 1. The quantitative estimate of drug-likeness (QED) is 0.523. The lowest BCUT2D eigenvalue weighted by atomic mass is 10.2. The molecule has 1 N–H and O–H groups in total. The van der Waals surface area contributed by atoms with E-state index in [1.807, 2.05) is 0 Å². The van der Waals surface area contributed by atoms with Crippen LogP contribution in [0.1, 0.15) is 10.4 Å². The summed E-state index contributed by atoms with van der Waals surface area (Å²) in [6, 6.07) is 2.91. The maximum absolute atomic E-state index is 13.3. The van der Waals surface area contributed by atoms with E-state index in [1.165, 1.54) is 0 Å². The second kappa shape index (κ2) is 5.55. The maximum atomic E-state index is 13.3. The van der Waals surface area contributed by atoms with E-state index in [1.54, 1.807) is 0 Å². The van der Waals surface area contributed by atoms with Crippen molar-refractivity contribution in [3.63, 3.8) is 0 Å². The van der Waals surface area contributed by atoms with Crippen LogP contribution in [0.2, 0.25) is 0 Å². The number of alkyl halides is 1. The van der Waals surface area contributed by atoms with Crippen LogP contribution in [-0.4, -0.2) is 22.7 Å². The first-order valence-corrected chi connectivity index (χ1v) is 5.46. The molecule has 1 amide bonds. The van der Waals surface area contributed by atoms with E-state index in [0.29, 0.717) is 11.9 Å². The van der Waals surface area contributed by atoms with Gasteiger partial charge in [-0.3, -0.25) is 14.9 Å². The average Bonchev–Trinajstić information content (AvgIpc) is 2.25. The summed E-state index contributed by atoms with van der Waals surface area (Å²) in [5.74, 6) is -1.49. The van der Waals surface area contributed by atoms with Crippen molar-refractivity contribution in [1.29, 1.82) is 0 Å². The van der Waals surface area contributed by atoms with Crippen LogP contribution < -0.4 is 5.32 Å². The zero-order chi connectivity index (χ0) is 12.1. The number of carbonyl (C=O) groups excluding carboxylic acids is 1. The van der Waals surface area contributed by atoms with Crippen LogP contribution in [0.3, 0.4) is 0 Å². The number of hydrogen-bond donors (Lipinski definition) is 1. The van der Waals surface area contributed by atoms with E-state index >= 15 is 0 Å². The first-order valence-electron chi connectivity index (χ1n) is 4.34. The van der Waals surface area contributed by atoms with Gasteiger partial charge in [-0.1, -0.05) is 15.9 Å². The number of carbonyl (C=O) groups is 1. The molecule has 0 atom stereocenters. The van der Waals surface area contributed by atoms with Gasteiger partial charge in [-0.2, -0.15) is 0 Å². The zero-order valence-corrected chi connectivity index (χ0v) is 9.66. The number of benzene rings is 1. The minimum Gasteiger partial charge on any atom is -0.351 e. The Morgan fingerprint density at radius 3 is 2.75 bits per heavy atom. The number of halogens is 2. The molecule has 0 unspecified atom stereocenters. The highest BCUT2D eigenvalue weighted by Crippen LogP contribution is 2.16. The van der Waals surface area contributed by atoms with Crippen molar-refractivity contribution in [3.05, 3.63) is 39.7 Å². The molecule has 0 aliphatic carbocycles. The van der Waals surface area contributed by atoms with Crippen molar-refractivity contribution in [2.75, 3.05) is 11.9 Å². The molecule has 0 aromatic heterocycles. The number of nitro groups is 1. The third kappa shape index (κ3) is 2.99.